The summed E-state index contributed by atoms with van der Waals surface area (Å²) in [5.41, 5.74) is 1.23. The highest BCUT2D eigenvalue weighted by molar-refractivity contribution is 6.42. The second kappa shape index (κ2) is 6.45. The third-order valence-electron chi connectivity index (χ3n) is 3.79. The normalized spacial score (nSPS) is 24.9. The zero-order valence-electron chi connectivity index (χ0n) is 11.8. The van der Waals surface area contributed by atoms with Gasteiger partial charge >= 0.3 is 0 Å². The molecule has 0 amide bonds. The molecule has 2 nitrogen and oxygen atoms in total. The molecule has 2 unspecified atom stereocenters. The first-order chi connectivity index (χ1) is 8.97. The van der Waals surface area contributed by atoms with E-state index in [4.69, 9.17) is 23.2 Å². The molecular formula is C15H22Cl2N2. The molecule has 0 aliphatic carbocycles. The summed E-state index contributed by atoms with van der Waals surface area (Å²) >= 11 is 12.1. The average molecular weight is 301 g/mol. The van der Waals surface area contributed by atoms with Gasteiger partial charge in [0.25, 0.3) is 0 Å². The van der Waals surface area contributed by atoms with Crippen molar-refractivity contribution in [3.05, 3.63) is 33.8 Å². The zero-order chi connectivity index (χ0) is 14.0. The maximum atomic E-state index is 6.10. The van der Waals surface area contributed by atoms with Crippen molar-refractivity contribution < 1.29 is 0 Å². The Hall–Kier alpha value is -0.280. The summed E-state index contributed by atoms with van der Waals surface area (Å²) in [5.74, 6) is 0.641. The van der Waals surface area contributed by atoms with Crippen LogP contribution in [0.25, 0.3) is 0 Å². The number of nitrogens with zero attached hydrogens (tertiary/aromatic N) is 1. The summed E-state index contributed by atoms with van der Waals surface area (Å²) < 4.78 is 0. The third kappa shape index (κ3) is 3.85. The van der Waals surface area contributed by atoms with E-state index in [-0.39, 0.29) is 0 Å². The molecule has 1 aliphatic rings. The van der Waals surface area contributed by atoms with Crippen molar-refractivity contribution in [1.82, 2.24) is 10.2 Å². The van der Waals surface area contributed by atoms with Crippen molar-refractivity contribution in [1.29, 1.82) is 0 Å². The fourth-order valence-corrected chi connectivity index (χ4v) is 3.04. The van der Waals surface area contributed by atoms with Crippen LogP contribution in [0.1, 0.15) is 26.3 Å². The predicted molar refractivity (Wildman–Crippen MR) is 83.0 cm³/mol. The number of benzene rings is 1. The average Bonchev–Trinajstić information content (AvgIpc) is 2.33. The Kier molecular flexibility index (Phi) is 5.13. The van der Waals surface area contributed by atoms with Crippen molar-refractivity contribution in [2.75, 3.05) is 13.1 Å². The summed E-state index contributed by atoms with van der Waals surface area (Å²) in [6, 6.07) is 7.05. The van der Waals surface area contributed by atoms with E-state index in [1.807, 2.05) is 12.1 Å². The molecule has 1 aromatic carbocycles. The highest BCUT2D eigenvalue weighted by Gasteiger charge is 2.27. The van der Waals surface area contributed by atoms with E-state index < -0.39 is 0 Å². The number of piperazine rings is 1. The molecule has 1 saturated heterocycles. The molecule has 1 heterocycles. The van der Waals surface area contributed by atoms with Gasteiger partial charge in [-0.15, -0.1) is 0 Å². The highest BCUT2D eigenvalue weighted by Crippen LogP contribution is 2.25. The smallest absolute Gasteiger partial charge is 0.0595 e. The van der Waals surface area contributed by atoms with Gasteiger partial charge in [0.2, 0.25) is 0 Å². The third-order valence-corrected chi connectivity index (χ3v) is 4.53. The predicted octanol–water partition coefficient (Wildman–Crippen LogP) is 3.81. The van der Waals surface area contributed by atoms with E-state index in [1.165, 1.54) is 5.56 Å². The minimum atomic E-state index is 0.540. The zero-order valence-corrected chi connectivity index (χ0v) is 13.3. The quantitative estimate of drug-likeness (QED) is 0.913. The van der Waals surface area contributed by atoms with Crippen molar-refractivity contribution >= 4 is 23.2 Å². The van der Waals surface area contributed by atoms with Gasteiger partial charge in [-0.05, 0) is 30.5 Å². The molecule has 1 fully saturated rings. The van der Waals surface area contributed by atoms with Gasteiger partial charge in [-0.1, -0.05) is 43.1 Å². The maximum absolute atomic E-state index is 6.10. The minimum absolute atomic E-state index is 0.540. The van der Waals surface area contributed by atoms with Crippen LogP contribution in [0.4, 0.5) is 0 Å². The van der Waals surface area contributed by atoms with Crippen molar-refractivity contribution in [3.63, 3.8) is 0 Å². The summed E-state index contributed by atoms with van der Waals surface area (Å²) in [4.78, 5) is 2.55. The molecule has 0 aromatic heterocycles. The van der Waals surface area contributed by atoms with Crippen LogP contribution in [0.2, 0.25) is 10.0 Å². The first-order valence-electron chi connectivity index (χ1n) is 6.88. The number of hydrogen-bond acceptors (Lipinski definition) is 2. The highest BCUT2D eigenvalue weighted by atomic mass is 35.5. The van der Waals surface area contributed by atoms with Gasteiger partial charge in [-0.2, -0.15) is 0 Å². The van der Waals surface area contributed by atoms with Crippen LogP contribution in [0.5, 0.6) is 0 Å². The molecule has 1 aromatic rings. The first-order valence-corrected chi connectivity index (χ1v) is 7.64. The second-order valence-electron chi connectivity index (χ2n) is 5.80. The van der Waals surface area contributed by atoms with E-state index in [9.17, 15) is 0 Å². The SMILES string of the molecule is CC1CN(Cc2ccc(Cl)c(Cl)c2)C(C(C)C)CN1. The number of halogens is 2. The van der Waals surface area contributed by atoms with Crippen LogP contribution in [-0.4, -0.2) is 30.1 Å². The summed E-state index contributed by atoms with van der Waals surface area (Å²) in [6.07, 6.45) is 0. The Bertz CT molecular complexity index is 434. The molecule has 1 aliphatic heterocycles. The Morgan fingerprint density at radius 1 is 1.32 bits per heavy atom. The monoisotopic (exact) mass is 300 g/mol. The van der Waals surface area contributed by atoms with Gasteiger partial charge in [-0.25, -0.2) is 0 Å². The van der Waals surface area contributed by atoms with E-state index >= 15 is 0 Å². The van der Waals surface area contributed by atoms with E-state index in [0.717, 1.165) is 19.6 Å². The molecular weight excluding hydrogens is 279 g/mol. The van der Waals surface area contributed by atoms with E-state index in [2.05, 4.69) is 37.1 Å². The molecule has 0 bridgehead atoms. The molecule has 2 atom stereocenters. The summed E-state index contributed by atoms with van der Waals surface area (Å²) in [5, 5.41) is 4.83. The van der Waals surface area contributed by atoms with Crippen molar-refractivity contribution in [2.24, 2.45) is 5.92 Å². The van der Waals surface area contributed by atoms with E-state index in [0.29, 0.717) is 28.0 Å². The molecule has 0 radical (unpaired) electrons. The Balaban J connectivity index is 2.11. The summed E-state index contributed by atoms with van der Waals surface area (Å²) in [6.45, 7) is 9.86. The lowest BCUT2D eigenvalue weighted by Gasteiger charge is -2.41. The first kappa shape index (κ1) is 15.1. The molecule has 2 rings (SSSR count). The lowest BCUT2D eigenvalue weighted by Crippen LogP contribution is -2.56. The maximum Gasteiger partial charge on any atom is 0.0595 e. The molecule has 0 spiro atoms. The molecule has 1 N–H and O–H groups in total. The van der Waals surface area contributed by atoms with Crippen LogP contribution < -0.4 is 5.32 Å². The Morgan fingerprint density at radius 3 is 2.68 bits per heavy atom. The summed E-state index contributed by atoms with van der Waals surface area (Å²) in [7, 11) is 0. The molecule has 106 valence electrons. The van der Waals surface area contributed by atoms with Gasteiger partial charge in [0.15, 0.2) is 0 Å². The lowest BCUT2D eigenvalue weighted by molar-refractivity contribution is 0.0956. The topological polar surface area (TPSA) is 15.3 Å². The molecule has 19 heavy (non-hydrogen) atoms. The number of hydrogen-bond donors (Lipinski definition) is 1. The largest absolute Gasteiger partial charge is 0.311 e. The number of nitrogens with one attached hydrogen (secondary N) is 1. The van der Waals surface area contributed by atoms with Gasteiger partial charge in [-0.3, -0.25) is 4.90 Å². The van der Waals surface area contributed by atoms with Crippen LogP contribution >= 0.6 is 23.2 Å². The second-order valence-corrected chi connectivity index (χ2v) is 6.61. The van der Waals surface area contributed by atoms with Crippen molar-refractivity contribution in [3.8, 4) is 0 Å². The molecule has 0 saturated carbocycles. The van der Waals surface area contributed by atoms with Crippen LogP contribution in [0.15, 0.2) is 18.2 Å². The van der Waals surface area contributed by atoms with Gasteiger partial charge in [0, 0.05) is 31.7 Å². The van der Waals surface area contributed by atoms with Gasteiger partial charge < -0.3 is 5.32 Å². The van der Waals surface area contributed by atoms with Crippen LogP contribution in [0, 0.1) is 5.92 Å². The minimum Gasteiger partial charge on any atom is -0.311 e. The van der Waals surface area contributed by atoms with Gasteiger partial charge in [0.1, 0.15) is 0 Å². The fourth-order valence-electron chi connectivity index (χ4n) is 2.71. The van der Waals surface area contributed by atoms with Crippen molar-refractivity contribution in [2.45, 2.75) is 39.4 Å². The van der Waals surface area contributed by atoms with E-state index in [1.54, 1.807) is 0 Å². The van der Waals surface area contributed by atoms with Gasteiger partial charge in [0.05, 0.1) is 10.0 Å². The lowest BCUT2D eigenvalue weighted by atomic mass is 9.98. The standard InChI is InChI=1S/C15H22Cl2N2/c1-10(2)15-7-18-11(3)8-19(15)9-12-4-5-13(16)14(17)6-12/h4-6,10-11,15,18H,7-9H2,1-3H3. The molecule has 4 heteroatoms. The van der Waals surface area contributed by atoms with Crippen LogP contribution in [-0.2, 0) is 6.54 Å². The Labute approximate surface area is 126 Å². The fraction of sp³-hybridized carbons (Fsp3) is 0.600. The van der Waals surface area contributed by atoms with Crippen LogP contribution in [0.3, 0.4) is 0 Å². The number of rotatable bonds is 3. The Morgan fingerprint density at radius 2 is 2.05 bits per heavy atom.